The van der Waals surface area contributed by atoms with Crippen molar-refractivity contribution in [3.63, 3.8) is 0 Å². The predicted octanol–water partition coefficient (Wildman–Crippen LogP) is 2.97. The van der Waals surface area contributed by atoms with E-state index < -0.39 is 0 Å². The summed E-state index contributed by atoms with van der Waals surface area (Å²) in [5.74, 6) is 1.28. The number of benzene rings is 1. The van der Waals surface area contributed by atoms with Crippen molar-refractivity contribution in [1.82, 2.24) is 20.3 Å². The van der Waals surface area contributed by atoms with Crippen LogP contribution in [-0.4, -0.2) is 46.0 Å². The Kier molecular flexibility index (Phi) is 5.27. The maximum Gasteiger partial charge on any atom is 0.310 e. The van der Waals surface area contributed by atoms with Gasteiger partial charge in [-0.25, -0.2) is 0 Å². The Bertz CT molecular complexity index is 927. The number of anilines is 1. The van der Waals surface area contributed by atoms with Crippen molar-refractivity contribution < 1.29 is 14.1 Å². The van der Waals surface area contributed by atoms with Gasteiger partial charge in [-0.2, -0.15) is 4.98 Å². The van der Waals surface area contributed by atoms with Crippen molar-refractivity contribution in [3.05, 3.63) is 42.5 Å². The predicted molar refractivity (Wildman–Crippen MR) is 102 cm³/mol. The van der Waals surface area contributed by atoms with Gasteiger partial charge in [-0.15, -0.1) is 10.2 Å². The first-order chi connectivity index (χ1) is 13.7. The summed E-state index contributed by atoms with van der Waals surface area (Å²) in [6.07, 6.45) is 1.75. The van der Waals surface area contributed by atoms with E-state index >= 15 is 0 Å². The van der Waals surface area contributed by atoms with Gasteiger partial charge in [0.15, 0.2) is 11.5 Å². The Hall–Kier alpha value is -3.29. The van der Waals surface area contributed by atoms with Crippen LogP contribution in [0.2, 0.25) is 0 Å². The zero-order chi connectivity index (χ0) is 19.3. The molecule has 144 valence electrons. The highest BCUT2D eigenvalue weighted by Gasteiger charge is 2.27. The molecule has 1 aromatic carbocycles. The first-order valence-electron chi connectivity index (χ1n) is 9.39. The van der Waals surface area contributed by atoms with Crippen LogP contribution in [0.25, 0.3) is 23.0 Å². The molecule has 0 bridgehead atoms. The average Bonchev–Trinajstić information content (AvgIpc) is 3.25. The second-order valence-electron chi connectivity index (χ2n) is 6.60. The molecule has 3 aromatic rings. The molecule has 1 aliphatic rings. The summed E-state index contributed by atoms with van der Waals surface area (Å²) in [7, 11) is 0. The third kappa shape index (κ3) is 3.85. The minimum absolute atomic E-state index is 0.125. The molecule has 2 aromatic heterocycles. The van der Waals surface area contributed by atoms with Gasteiger partial charge >= 0.3 is 5.97 Å². The Morgan fingerprint density at radius 1 is 1.21 bits per heavy atom. The molecule has 28 heavy (non-hydrogen) atoms. The SMILES string of the molecule is CCOC(=O)C1CCCN(c2ccc(-c3nc(-c4ccccc4)no3)nn2)C1. The molecule has 1 aliphatic heterocycles. The number of esters is 1. The van der Waals surface area contributed by atoms with Gasteiger partial charge in [0.25, 0.3) is 5.89 Å². The lowest BCUT2D eigenvalue weighted by molar-refractivity contribution is -0.148. The molecule has 1 atom stereocenters. The Labute approximate surface area is 162 Å². The minimum Gasteiger partial charge on any atom is -0.466 e. The Morgan fingerprint density at radius 2 is 2.07 bits per heavy atom. The van der Waals surface area contributed by atoms with Gasteiger partial charge in [0.05, 0.1) is 12.5 Å². The maximum absolute atomic E-state index is 12.0. The van der Waals surface area contributed by atoms with Gasteiger partial charge in [0, 0.05) is 18.7 Å². The summed E-state index contributed by atoms with van der Waals surface area (Å²) in [4.78, 5) is 18.5. The number of piperidine rings is 1. The fraction of sp³-hybridized carbons (Fsp3) is 0.350. The fourth-order valence-corrected chi connectivity index (χ4v) is 3.28. The molecule has 8 heteroatoms. The van der Waals surface area contributed by atoms with Gasteiger partial charge in [0.2, 0.25) is 5.82 Å². The largest absolute Gasteiger partial charge is 0.466 e. The topological polar surface area (TPSA) is 94.2 Å². The monoisotopic (exact) mass is 379 g/mol. The molecule has 0 radical (unpaired) electrons. The van der Waals surface area contributed by atoms with Crippen LogP contribution in [0.4, 0.5) is 5.82 Å². The number of aromatic nitrogens is 4. The van der Waals surface area contributed by atoms with E-state index in [0.29, 0.717) is 30.6 Å². The summed E-state index contributed by atoms with van der Waals surface area (Å²) < 4.78 is 10.5. The third-order valence-corrected chi connectivity index (χ3v) is 4.69. The lowest BCUT2D eigenvalue weighted by Crippen LogP contribution is -2.39. The summed E-state index contributed by atoms with van der Waals surface area (Å²) in [5, 5.41) is 12.5. The normalized spacial score (nSPS) is 16.8. The number of hydrogen-bond donors (Lipinski definition) is 0. The summed E-state index contributed by atoms with van der Waals surface area (Å²) in [6, 6.07) is 13.3. The molecule has 0 amide bonds. The molecule has 0 aliphatic carbocycles. The van der Waals surface area contributed by atoms with Crippen molar-refractivity contribution in [2.24, 2.45) is 5.92 Å². The lowest BCUT2D eigenvalue weighted by Gasteiger charge is -2.31. The maximum atomic E-state index is 12.0. The van der Waals surface area contributed by atoms with Crippen LogP contribution in [0.1, 0.15) is 19.8 Å². The molecule has 8 nitrogen and oxygen atoms in total. The average molecular weight is 379 g/mol. The standard InChI is InChI=1S/C20H21N5O3/c1-2-27-20(26)15-9-6-12-25(13-15)17-11-10-16(22-23-17)19-21-18(24-28-19)14-7-4-3-5-8-14/h3-5,7-8,10-11,15H,2,6,9,12-13H2,1H3. The highest BCUT2D eigenvalue weighted by atomic mass is 16.5. The van der Waals surface area contributed by atoms with Crippen LogP contribution in [0.5, 0.6) is 0 Å². The van der Waals surface area contributed by atoms with Gasteiger partial charge in [-0.1, -0.05) is 35.5 Å². The summed E-state index contributed by atoms with van der Waals surface area (Å²) in [6.45, 7) is 3.65. The number of ether oxygens (including phenoxy) is 1. The minimum atomic E-state index is -0.143. The van der Waals surface area contributed by atoms with Crippen LogP contribution in [0, 0.1) is 5.92 Å². The van der Waals surface area contributed by atoms with E-state index in [4.69, 9.17) is 9.26 Å². The van der Waals surface area contributed by atoms with E-state index in [-0.39, 0.29) is 11.9 Å². The van der Waals surface area contributed by atoms with E-state index in [0.717, 1.165) is 30.8 Å². The number of carbonyl (C=O) groups is 1. The molecule has 0 spiro atoms. The zero-order valence-corrected chi connectivity index (χ0v) is 15.6. The number of carbonyl (C=O) groups excluding carboxylic acids is 1. The summed E-state index contributed by atoms with van der Waals surface area (Å²) in [5.41, 5.74) is 1.39. The van der Waals surface area contributed by atoms with Crippen molar-refractivity contribution >= 4 is 11.8 Å². The molecular weight excluding hydrogens is 358 g/mol. The van der Waals surface area contributed by atoms with Crippen LogP contribution in [-0.2, 0) is 9.53 Å². The second kappa shape index (κ2) is 8.16. The molecule has 0 N–H and O–H groups in total. The molecule has 3 heterocycles. The van der Waals surface area contributed by atoms with Gasteiger partial charge < -0.3 is 14.2 Å². The molecule has 1 fully saturated rings. The van der Waals surface area contributed by atoms with E-state index in [2.05, 4.69) is 25.2 Å². The Balaban J connectivity index is 1.47. The summed E-state index contributed by atoms with van der Waals surface area (Å²) >= 11 is 0. The first kappa shape index (κ1) is 18.1. The highest BCUT2D eigenvalue weighted by molar-refractivity contribution is 5.73. The number of rotatable bonds is 5. The Morgan fingerprint density at radius 3 is 2.82 bits per heavy atom. The van der Waals surface area contributed by atoms with Crippen molar-refractivity contribution in [1.29, 1.82) is 0 Å². The van der Waals surface area contributed by atoms with E-state index in [9.17, 15) is 4.79 Å². The molecule has 1 unspecified atom stereocenters. The zero-order valence-electron chi connectivity index (χ0n) is 15.6. The van der Waals surface area contributed by atoms with Crippen LogP contribution < -0.4 is 4.90 Å². The molecule has 1 saturated heterocycles. The van der Waals surface area contributed by atoms with Crippen LogP contribution in [0.15, 0.2) is 47.0 Å². The number of hydrogen-bond acceptors (Lipinski definition) is 8. The third-order valence-electron chi connectivity index (χ3n) is 4.69. The van der Waals surface area contributed by atoms with E-state index in [1.807, 2.05) is 43.3 Å². The van der Waals surface area contributed by atoms with E-state index in [1.165, 1.54) is 0 Å². The van der Waals surface area contributed by atoms with Crippen molar-refractivity contribution in [2.45, 2.75) is 19.8 Å². The first-order valence-corrected chi connectivity index (χ1v) is 9.39. The van der Waals surface area contributed by atoms with E-state index in [1.54, 1.807) is 6.07 Å². The van der Waals surface area contributed by atoms with Crippen LogP contribution in [0.3, 0.4) is 0 Å². The number of nitrogens with zero attached hydrogens (tertiary/aromatic N) is 5. The lowest BCUT2D eigenvalue weighted by atomic mass is 9.98. The molecular formula is C20H21N5O3. The smallest absolute Gasteiger partial charge is 0.310 e. The van der Waals surface area contributed by atoms with Crippen molar-refractivity contribution in [2.75, 3.05) is 24.6 Å². The van der Waals surface area contributed by atoms with Gasteiger partial charge in [0.1, 0.15) is 0 Å². The molecule has 4 rings (SSSR count). The van der Waals surface area contributed by atoms with Crippen LogP contribution >= 0.6 is 0 Å². The van der Waals surface area contributed by atoms with Gasteiger partial charge in [-0.3, -0.25) is 4.79 Å². The van der Waals surface area contributed by atoms with Crippen molar-refractivity contribution in [3.8, 4) is 23.0 Å². The quantitative estimate of drug-likeness (QED) is 0.625. The fourth-order valence-electron chi connectivity index (χ4n) is 3.28. The second-order valence-corrected chi connectivity index (χ2v) is 6.60. The highest BCUT2D eigenvalue weighted by Crippen LogP contribution is 2.24. The van der Waals surface area contributed by atoms with Gasteiger partial charge in [-0.05, 0) is 31.9 Å². The molecule has 0 saturated carbocycles.